The van der Waals surface area contributed by atoms with Crippen molar-refractivity contribution in [1.29, 1.82) is 0 Å². The number of benzene rings is 2. The molecular weight excluding hydrogens is 321 g/mol. The highest BCUT2D eigenvalue weighted by molar-refractivity contribution is 5.95. The van der Waals surface area contributed by atoms with Gasteiger partial charge in [-0.2, -0.15) is 0 Å². The number of anilines is 1. The maximum Gasteiger partial charge on any atom is 0.331 e. The Morgan fingerprint density at radius 3 is 2.28 bits per heavy atom. The molecule has 0 aliphatic rings. The molecule has 130 valence electrons. The molecule has 1 amide bonds. The molecule has 4 nitrogen and oxygen atoms in total. The van der Waals surface area contributed by atoms with Gasteiger partial charge in [-0.1, -0.05) is 29.8 Å². The van der Waals surface area contributed by atoms with Crippen LogP contribution in [0.25, 0.3) is 6.08 Å². The Hall–Kier alpha value is -2.95. The van der Waals surface area contributed by atoms with E-state index >= 15 is 0 Å². The number of carbonyl (C=O) groups is 2. The zero-order valence-corrected chi connectivity index (χ0v) is 14.4. The van der Waals surface area contributed by atoms with E-state index in [-0.39, 0.29) is 12.4 Å². The normalized spacial score (nSPS) is 10.7. The molecule has 0 spiro atoms. The van der Waals surface area contributed by atoms with Gasteiger partial charge in [-0.25, -0.2) is 9.18 Å². The second-order valence-electron chi connectivity index (χ2n) is 5.81. The summed E-state index contributed by atoms with van der Waals surface area (Å²) in [5.74, 6) is -1.39. The lowest BCUT2D eigenvalue weighted by Gasteiger charge is -2.12. The Morgan fingerprint density at radius 1 is 1.08 bits per heavy atom. The molecule has 0 bridgehead atoms. The van der Waals surface area contributed by atoms with Gasteiger partial charge in [0.25, 0.3) is 5.91 Å². The van der Waals surface area contributed by atoms with Gasteiger partial charge in [0.15, 0.2) is 6.61 Å². The van der Waals surface area contributed by atoms with Crippen molar-refractivity contribution in [2.45, 2.75) is 20.8 Å². The van der Waals surface area contributed by atoms with Crippen LogP contribution in [0.15, 0.2) is 42.5 Å². The third-order valence-corrected chi connectivity index (χ3v) is 3.57. The van der Waals surface area contributed by atoms with Crippen LogP contribution < -0.4 is 5.32 Å². The number of esters is 1. The van der Waals surface area contributed by atoms with Crippen LogP contribution in [0.2, 0.25) is 0 Å². The van der Waals surface area contributed by atoms with Gasteiger partial charge in [0, 0.05) is 11.8 Å². The lowest BCUT2D eigenvalue weighted by molar-refractivity contribution is -0.142. The zero-order chi connectivity index (χ0) is 18.4. The predicted molar refractivity (Wildman–Crippen MR) is 95.7 cm³/mol. The summed E-state index contributed by atoms with van der Waals surface area (Å²) in [5.41, 5.74) is 4.41. The fourth-order valence-corrected chi connectivity index (χ4v) is 2.48. The van der Waals surface area contributed by atoms with Gasteiger partial charge in [0.2, 0.25) is 0 Å². The summed E-state index contributed by atoms with van der Waals surface area (Å²) >= 11 is 0. The van der Waals surface area contributed by atoms with Crippen molar-refractivity contribution in [2.75, 3.05) is 11.9 Å². The van der Waals surface area contributed by atoms with Crippen LogP contribution in [0.5, 0.6) is 0 Å². The van der Waals surface area contributed by atoms with Gasteiger partial charge in [-0.15, -0.1) is 0 Å². The summed E-state index contributed by atoms with van der Waals surface area (Å²) in [4.78, 5) is 23.6. The monoisotopic (exact) mass is 341 g/mol. The van der Waals surface area contributed by atoms with Gasteiger partial charge in [0.05, 0.1) is 0 Å². The Balaban J connectivity index is 1.87. The molecule has 0 aliphatic carbocycles. The van der Waals surface area contributed by atoms with Crippen LogP contribution in [0, 0.1) is 26.6 Å². The average molecular weight is 341 g/mol. The largest absolute Gasteiger partial charge is 0.452 e. The molecule has 0 fully saturated rings. The maximum atomic E-state index is 12.8. The van der Waals surface area contributed by atoms with Crippen LogP contribution in [0.1, 0.15) is 22.3 Å². The van der Waals surface area contributed by atoms with E-state index in [4.69, 9.17) is 4.74 Å². The van der Waals surface area contributed by atoms with Gasteiger partial charge in [-0.05, 0) is 55.7 Å². The van der Waals surface area contributed by atoms with Crippen molar-refractivity contribution in [3.63, 3.8) is 0 Å². The van der Waals surface area contributed by atoms with E-state index in [2.05, 4.69) is 5.32 Å². The second-order valence-corrected chi connectivity index (χ2v) is 5.81. The van der Waals surface area contributed by atoms with Crippen molar-refractivity contribution in [1.82, 2.24) is 0 Å². The number of hydrogen-bond acceptors (Lipinski definition) is 3. The van der Waals surface area contributed by atoms with Crippen LogP contribution in [-0.4, -0.2) is 18.5 Å². The molecule has 0 heterocycles. The number of halogens is 1. The van der Waals surface area contributed by atoms with E-state index in [0.29, 0.717) is 5.56 Å². The number of carbonyl (C=O) groups excluding carboxylic acids is 2. The highest BCUT2D eigenvalue weighted by atomic mass is 19.1. The Morgan fingerprint density at radius 2 is 1.68 bits per heavy atom. The molecule has 2 aromatic rings. The van der Waals surface area contributed by atoms with E-state index in [0.717, 1.165) is 22.4 Å². The zero-order valence-electron chi connectivity index (χ0n) is 14.4. The Bertz CT molecular complexity index is 787. The molecule has 5 heteroatoms. The lowest BCUT2D eigenvalue weighted by atomic mass is 10.1. The number of rotatable bonds is 5. The summed E-state index contributed by atoms with van der Waals surface area (Å²) in [6.07, 6.45) is 2.69. The molecule has 0 atom stereocenters. The Labute approximate surface area is 146 Å². The predicted octanol–water partition coefficient (Wildman–Crippen LogP) is 3.95. The molecule has 2 rings (SSSR count). The van der Waals surface area contributed by atoms with Crippen LogP contribution >= 0.6 is 0 Å². The third-order valence-electron chi connectivity index (χ3n) is 3.57. The summed E-state index contributed by atoms with van der Waals surface area (Å²) in [6, 6.07) is 9.61. The fourth-order valence-electron chi connectivity index (χ4n) is 2.48. The van der Waals surface area contributed by atoms with Crippen LogP contribution in [-0.2, 0) is 14.3 Å². The first-order valence-corrected chi connectivity index (χ1v) is 7.83. The number of nitrogens with one attached hydrogen (secondary N) is 1. The molecular formula is C20H20FNO3. The summed E-state index contributed by atoms with van der Waals surface area (Å²) in [6.45, 7) is 5.43. The topological polar surface area (TPSA) is 55.4 Å². The fraction of sp³-hybridized carbons (Fsp3) is 0.200. The molecule has 0 unspecified atom stereocenters. The summed E-state index contributed by atoms with van der Waals surface area (Å²) in [5, 5.41) is 2.76. The van der Waals surface area contributed by atoms with E-state index in [1.165, 1.54) is 36.4 Å². The van der Waals surface area contributed by atoms with Crippen molar-refractivity contribution in [2.24, 2.45) is 0 Å². The van der Waals surface area contributed by atoms with E-state index in [9.17, 15) is 14.0 Å². The average Bonchev–Trinajstić information content (AvgIpc) is 2.55. The van der Waals surface area contributed by atoms with Crippen molar-refractivity contribution < 1.29 is 18.7 Å². The third kappa shape index (κ3) is 5.57. The molecule has 25 heavy (non-hydrogen) atoms. The highest BCUT2D eigenvalue weighted by Crippen LogP contribution is 2.21. The highest BCUT2D eigenvalue weighted by Gasteiger charge is 2.10. The summed E-state index contributed by atoms with van der Waals surface area (Å²) in [7, 11) is 0. The number of hydrogen-bond donors (Lipinski definition) is 1. The van der Waals surface area contributed by atoms with E-state index < -0.39 is 11.9 Å². The molecule has 0 saturated heterocycles. The second kappa shape index (κ2) is 8.24. The minimum Gasteiger partial charge on any atom is -0.452 e. The van der Waals surface area contributed by atoms with Gasteiger partial charge < -0.3 is 10.1 Å². The van der Waals surface area contributed by atoms with Gasteiger partial charge in [-0.3, -0.25) is 4.79 Å². The first-order chi connectivity index (χ1) is 11.8. The molecule has 1 N–H and O–H groups in total. The molecule has 0 radical (unpaired) electrons. The molecule has 0 aromatic heterocycles. The maximum absolute atomic E-state index is 12.8. The number of amides is 1. The quantitative estimate of drug-likeness (QED) is 0.662. The van der Waals surface area contributed by atoms with Gasteiger partial charge in [0.1, 0.15) is 5.82 Å². The van der Waals surface area contributed by atoms with Crippen molar-refractivity contribution in [3.05, 3.63) is 70.5 Å². The first kappa shape index (κ1) is 18.4. The van der Waals surface area contributed by atoms with Crippen LogP contribution in [0.3, 0.4) is 0 Å². The summed E-state index contributed by atoms with van der Waals surface area (Å²) < 4.78 is 17.7. The SMILES string of the molecule is Cc1cc(C)c(NC(=O)COC(=O)C=Cc2ccc(F)cc2)c(C)c1. The van der Waals surface area contributed by atoms with Crippen LogP contribution in [0.4, 0.5) is 10.1 Å². The van der Waals surface area contributed by atoms with E-state index in [1.54, 1.807) is 0 Å². The lowest BCUT2D eigenvalue weighted by Crippen LogP contribution is -2.21. The van der Waals surface area contributed by atoms with Crippen molar-refractivity contribution in [3.8, 4) is 0 Å². The molecule has 2 aromatic carbocycles. The van der Waals surface area contributed by atoms with Gasteiger partial charge >= 0.3 is 5.97 Å². The van der Waals surface area contributed by atoms with E-state index in [1.807, 2.05) is 32.9 Å². The Kier molecular flexibility index (Phi) is 6.06. The standard InChI is InChI=1S/C20H20FNO3/c1-13-10-14(2)20(15(3)11-13)22-18(23)12-25-19(24)9-6-16-4-7-17(21)8-5-16/h4-11H,12H2,1-3H3,(H,22,23). The molecule has 0 aliphatic heterocycles. The minimum absolute atomic E-state index is 0.349. The smallest absolute Gasteiger partial charge is 0.331 e. The minimum atomic E-state index is -0.642. The number of aryl methyl sites for hydroxylation is 3. The number of ether oxygens (including phenoxy) is 1. The first-order valence-electron chi connectivity index (χ1n) is 7.83. The van der Waals surface area contributed by atoms with Crippen molar-refractivity contribution >= 4 is 23.6 Å². The molecule has 0 saturated carbocycles.